The molecule has 4 aromatic carbocycles. The van der Waals surface area contributed by atoms with Crippen LogP contribution in [0.2, 0.25) is 0 Å². The van der Waals surface area contributed by atoms with Crippen LogP contribution >= 0.6 is 0 Å². The van der Waals surface area contributed by atoms with Crippen molar-refractivity contribution in [2.45, 2.75) is 0 Å². The topological polar surface area (TPSA) is 185 Å². The second-order valence-electron chi connectivity index (χ2n) is 10.5. The largest absolute Gasteiger partial charge is 0.507 e. The molecule has 0 bridgehead atoms. The standard InChI is InChI=1S/C37H40N4O4/c38-21-29(17-25-9-1-5-13-33(25)42)37(30(22-39)18-26-10-2-6-14-34(26)43,31(23-40)19-27-11-3-7-15-35(27)44)32(24-41)20-28-12-4-8-16-36(28)45/h1-20,42-45H,21-24,38-41H2/b29-17+,30-18+,31-19+,32-20+. The highest BCUT2D eigenvalue weighted by Gasteiger charge is 2.43. The normalized spacial score (nSPS) is 13.2. The summed E-state index contributed by atoms with van der Waals surface area (Å²) < 4.78 is 0. The van der Waals surface area contributed by atoms with Gasteiger partial charge in [0.2, 0.25) is 0 Å². The van der Waals surface area contributed by atoms with Crippen molar-refractivity contribution in [3.63, 3.8) is 0 Å². The molecule has 4 aromatic rings. The lowest BCUT2D eigenvalue weighted by Gasteiger charge is -2.43. The van der Waals surface area contributed by atoms with Gasteiger partial charge in [0.15, 0.2) is 0 Å². The third kappa shape index (κ3) is 7.01. The number of nitrogens with two attached hydrogens (primary N) is 4. The lowest BCUT2D eigenvalue weighted by molar-refractivity contribution is 0.473. The summed E-state index contributed by atoms with van der Waals surface area (Å²) in [7, 11) is 0. The smallest absolute Gasteiger partial charge is 0.122 e. The first kappa shape index (κ1) is 32.8. The average molecular weight is 605 g/mol. The van der Waals surface area contributed by atoms with Gasteiger partial charge in [-0.2, -0.15) is 0 Å². The second-order valence-corrected chi connectivity index (χ2v) is 10.5. The lowest BCUT2D eigenvalue weighted by atomic mass is 9.61. The van der Waals surface area contributed by atoms with E-state index in [0.29, 0.717) is 44.5 Å². The second kappa shape index (κ2) is 15.1. The molecule has 0 aliphatic rings. The summed E-state index contributed by atoms with van der Waals surface area (Å²) >= 11 is 0. The molecule has 0 heterocycles. The van der Waals surface area contributed by atoms with Crippen LogP contribution in [-0.2, 0) is 0 Å². The minimum Gasteiger partial charge on any atom is -0.507 e. The van der Waals surface area contributed by atoms with Crippen LogP contribution in [-0.4, -0.2) is 46.6 Å². The highest BCUT2D eigenvalue weighted by Crippen LogP contribution is 2.51. The summed E-state index contributed by atoms with van der Waals surface area (Å²) in [4.78, 5) is 0. The fourth-order valence-electron chi connectivity index (χ4n) is 5.71. The van der Waals surface area contributed by atoms with Gasteiger partial charge in [-0.1, -0.05) is 72.8 Å². The maximum absolute atomic E-state index is 10.8. The van der Waals surface area contributed by atoms with Gasteiger partial charge < -0.3 is 43.4 Å². The van der Waals surface area contributed by atoms with Gasteiger partial charge in [-0.15, -0.1) is 0 Å². The number of hydrogen-bond donors (Lipinski definition) is 8. The predicted octanol–water partition coefficient (Wildman–Crippen LogP) is 4.96. The molecule has 0 radical (unpaired) electrons. The van der Waals surface area contributed by atoms with Gasteiger partial charge in [-0.25, -0.2) is 0 Å². The van der Waals surface area contributed by atoms with E-state index in [4.69, 9.17) is 22.9 Å². The Labute approximate surface area is 263 Å². The zero-order chi connectivity index (χ0) is 32.4. The number of benzene rings is 4. The summed E-state index contributed by atoms with van der Waals surface area (Å²) in [5.74, 6) is 0.146. The van der Waals surface area contributed by atoms with Crippen LogP contribution in [0.3, 0.4) is 0 Å². The first-order valence-electron chi connectivity index (χ1n) is 14.6. The molecule has 0 saturated carbocycles. The zero-order valence-electron chi connectivity index (χ0n) is 25.0. The third-order valence-corrected chi connectivity index (χ3v) is 7.87. The molecular weight excluding hydrogens is 564 g/mol. The highest BCUT2D eigenvalue weighted by atomic mass is 16.3. The predicted molar refractivity (Wildman–Crippen MR) is 183 cm³/mol. The van der Waals surface area contributed by atoms with E-state index < -0.39 is 5.41 Å². The van der Waals surface area contributed by atoms with Crippen LogP contribution in [0, 0.1) is 5.41 Å². The molecule has 8 heteroatoms. The van der Waals surface area contributed by atoms with E-state index >= 15 is 0 Å². The van der Waals surface area contributed by atoms with E-state index in [1.807, 2.05) is 0 Å². The average Bonchev–Trinajstić information content (AvgIpc) is 3.05. The van der Waals surface area contributed by atoms with E-state index in [1.54, 1.807) is 121 Å². The molecule has 4 rings (SSSR count). The minimum atomic E-state index is -1.35. The number of rotatable bonds is 12. The quantitative estimate of drug-likeness (QED) is 0.111. The Balaban J connectivity index is 2.26. The Kier molecular flexibility index (Phi) is 11.0. The van der Waals surface area contributed by atoms with Crippen molar-refractivity contribution in [3.05, 3.63) is 142 Å². The maximum Gasteiger partial charge on any atom is 0.122 e. The van der Waals surface area contributed by atoms with E-state index in [0.717, 1.165) is 0 Å². The van der Waals surface area contributed by atoms with Gasteiger partial charge in [0.25, 0.3) is 0 Å². The van der Waals surface area contributed by atoms with Crippen molar-refractivity contribution in [3.8, 4) is 23.0 Å². The third-order valence-electron chi connectivity index (χ3n) is 7.87. The van der Waals surface area contributed by atoms with Crippen molar-refractivity contribution in [2.75, 3.05) is 26.2 Å². The van der Waals surface area contributed by atoms with Gasteiger partial charge in [0.05, 0.1) is 5.41 Å². The lowest BCUT2D eigenvalue weighted by Crippen LogP contribution is -2.41. The molecule has 0 saturated heterocycles. The fraction of sp³-hybridized carbons (Fsp3) is 0.135. The number of phenols is 4. The molecule has 0 aliphatic carbocycles. The Morgan fingerprint density at radius 1 is 0.400 bits per heavy atom. The monoisotopic (exact) mass is 604 g/mol. The molecule has 0 fully saturated rings. The summed E-state index contributed by atoms with van der Waals surface area (Å²) in [6, 6.07) is 27.4. The first-order valence-corrected chi connectivity index (χ1v) is 14.6. The number of hydrogen-bond acceptors (Lipinski definition) is 8. The van der Waals surface area contributed by atoms with Gasteiger partial charge in [-0.3, -0.25) is 0 Å². The molecule has 45 heavy (non-hydrogen) atoms. The van der Waals surface area contributed by atoms with Crippen LogP contribution in [0.4, 0.5) is 0 Å². The Bertz CT molecular complexity index is 1500. The molecule has 0 spiro atoms. The SMILES string of the molecule is NC/C(=C\c1ccccc1O)C(/C(=C/c1ccccc1O)CN)(/C(=C/c1ccccc1O)CN)/C(=C/c1ccccc1O)CN. The Morgan fingerprint density at radius 2 is 0.600 bits per heavy atom. The van der Waals surface area contributed by atoms with E-state index in [2.05, 4.69) is 0 Å². The van der Waals surface area contributed by atoms with Crippen molar-refractivity contribution < 1.29 is 20.4 Å². The van der Waals surface area contributed by atoms with Gasteiger partial charge in [-0.05, 0) is 70.9 Å². The molecule has 0 amide bonds. The number of phenolic OH excluding ortho intramolecular Hbond substituents is 4. The van der Waals surface area contributed by atoms with Crippen LogP contribution in [0.1, 0.15) is 22.3 Å². The van der Waals surface area contributed by atoms with E-state index in [-0.39, 0.29) is 49.2 Å². The molecule has 0 aromatic heterocycles. The van der Waals surface area contributed by atoms with Gasteiger partial charge in [0.1, 0.15) is 23.0 Å². The molecule has 0 unspecified atom stereocenters. The van der Waals surface area contributed by atoms with Gasteiger partial charge in [0, 0.05) is 48.4 Å². The molecule has 0 atom stereocenters. The van der Waals surface area contributed by atoms with Gasteiger partial charge >= 0.3 is 0 Å². The van der Waals surface area contributed by atoms with E-state index in [9.17, 15) is 20.4 Å². The maximum atomic E-state index is 10.8. The van der Waals surface area contributed by atoms with Crippen LogP contribution in [0.15, 0.2) is 119 Å². The first-order chi connectivity index (χ1) is 21.8. The molecule has 232 valence electrons. The molecule has 0 aliphatic heterocycles. The molecule has 8 nitrogen and oxygen atoms in total. The highest BCUT2D eigenvalue weighted by molar-refractivity contribution is 5.78. The van der Waals surface area contributed by atoms with Crippen molar-refractivity contribution >= 4 is 24.3 Å². The fourth-order valence-corrected chi connectivity index (χ4v) is 5.71. The summed E-state index contributed by atoms with van der Waals surface area (Å²) in [6.07, 6.45) is 7.14. The molecule has 12 N–H and O–H groups in total. The Morgan fingerprint density at radius 3 is 0.778 bits per heavy atom. The zero-order valence-corrected chi connectivity index (χ0v) is 25.0. The molecular formula is C37H40N4O4. The van der Waals surface area contributed by atoms with Crippen molar-refractivity contribution in [1.29, 1.82) is 0 Å². The van der Waals surface area contributed by atoms with E-state index in [1.165, 1.54) is 0 Å². The van der Waals surface area contributed by atoms with Crippen molar-refractivity contribution in [1.82, 2.24) is 0 Å². The summed E-state index contributed by atoms with van der Waals surface area (Å²) in [5.41, 5.74) is 29.4. The van der Waals surface area contributed by atoms with Crippen LogP contribution < -0.4 is 22.9 Å². The van der Waals surface area contributed by atoms with Crippen molar-refractivity contribution in [2.24, 2.45) is 28.3 Å². The number of aromatic hydroxyl groups is 4. The summed E-state index contributed by atoms with van der Waals surface area (Å²) in [6.45, 7) is -0.101. The summed E-state index contributed by atoms with van der Waals surface area (Å²) in [5, 5.41) is 43.3. The number of para-hydroxylation sites is 4. The Hall–Kier alpha value is -5.12. The minimum absolute atomic E-state index is 0.0251. The van der Waals surface area contributed by atoms with Crippen LogP contribution in [0.25, 0.3) is 24.3 Å². The van der Waals surface area contributed by atoms with Crippen LogP contribution in [0.5, 0.6) is 23.0 Å².